The van der Waals surface area contributed by atoms with Gasteiger partial charge < -0.3 is 20.1 Å². The Morgan fingerprint density at radius 3 is 2.71 bits per heavy atom. The van der Waals surface area contributed by atoms with Gasteiger partial charge in [0.1, 0.15) is 11.3 Å². The lowest BCUT2D eigenvalue weighted by molar-refractivity contribution is 0.102. The van der Waals surface area contributed by atoms with Crippen molar-refractivity contribution in [3.63, 3.8) is 0 Å². The third-order valence-electron chi connectivity index (χ3n) is 5.04. The smallest absolute Gasteiger partial charge is 0.274 e. The summed E-state index contributed by atoms with van der Waals surface area (Å²) in [6, 6.07) is 13.6. The average molecular weight is 415 g/mol. The maximum atomic E-state index is 12.8. The number of aliphatic hydroxyl groups excluding tert-OH is 1. The highest BCUT2D eigenvalue weighted by atomic mass is 16.3. The van der Waals surface area contributed by atoms with E-state index in [1.807, 2.05) is 73.1 Å². The number of amides is 1. The van der Waals surface area contributed by atoms with Crippen molar-refractivity contribution in [3.8, 4) is 11.3 Å². The minimum atomic E-state index is -0.267. The van der Waals surface area contributed by atoms with Gasteiger partial charge in [0.05, 0.1) is 12.3 Å². The number of nitrogens with zero attached hydrogens (tertiary/aromatic N) is 3. The van der Waals surface area contributed by atoms with Gasteiger partial charge in [0.2, 0.25) is 0 Å². The van der Waals surface area contributed by atoms with Crippen molar-refractivity contribution >= 4 is 17.2 Å². The number of benzene rings is 1. The molecule has 0 aliphatic heterocycles. The number of nitrogens with one attached hydrogen (secondary N) is 2. The molecule has 0 spiro atoms. The molecule has 3 heterocycles. The second-order valence-electron chi connectivity index (χ2n) is 7.50. The number of fused-ring (bicyclic) bond motifs is 1. The Kier molecular flexibility index (Phi) is 6.06. The first-order valence-corrected chi connectivity index (χ1v) is 10.2. The third-order valence-corrected chi connectivity index (χ3v) is 5.04. The van der Waals surface area contributed by atoms with Gasteiger partial charge >= 0.3 is 0 Å². The Hall–Kier alpha value is -3.55. The summed E-state index contributed by atoms with van der Waals surface area (Å²) in [5, 5.41) is 15.0. The maximum Gasteiger partial charge on any atom is 0.274 e. The van der Waals surface area contributed by atoms with E-state index < -0.39 is 0 Å². The summed E-state index contributed by atoms with van der Waals surface area (Å²) in [4.78, 5) is 21.9. The molecule has 0 saturated carbocycles. The lowest BCUT2D eigenvalue weighted by Gasteiger charge is -2.11. The number of aromatic nitrogens is 3. The molecule has 158 valence electrons. The number of hydrogen-bond acceptors (Lipinski definition) is 5. The number of carbonyl (C=O) groups is 1. The van der Waals surface area contributed by atoms with Crippen molar-refractivity contribution in [2.45, 2.75) is 20.4 Å². The number of pyridine rings is 2. The first-order chi connectivity index (χ1) is 15.0. The summed E-state index contributed by atoms with van der Waals surface area (Å²) < 4.78 is 2.01. The van der Waals surface area contributed by atoms with E-state index in [0.29, 0.717) is 24.5 Å². The van der Waals surface area contributed by atoms with E-state index >= 15 is 0 Å². The van der Waals surface area contributed by atoms with Crippen LogP contribution < -0.4 is 10.6 Å². The molecule has 0 saturated heterocycles. The minimum absolute atomic E-state index is 0.0407. The van der Waals surface area contributed by atoms with Crippen LogP contribution in [0.3, 0.4) is 0 Å². The number of imidazole rings is 1. The van der Waals surface area contributed by atoms with Crippen LogP contribution in [0.4, 0.5) is 5.69 Å². The largest absolute Gasteiger partial charge is 0.395 e. The number of aryl methyl sites for hydroxylation is 2. The fraction of sp³-hybridized carbons (Fsp3) is 0.208. The molecule has 3 N–H and O–H groups in total. The molecule has 0 unspecified atom stereocenters. The second-order valence-corrected chi connectivity index (χ2v) is 7.50. The van der Waals surface area contributed by atoms with E-state index in [1.165, 1.54) is 0 Å². The molecule has 0 bridgehead atoms. The van der Waals surface area contributed by atoms with Gasteiger partial charge in [0, 0.05) is 42.9 Å². The van der Waals surface area contributed by atoms with E-state index in [1.54, 1.807) is 6.20 Å². The Balaban J connectivity index is 1.51. The summed E-state index contributed by atoms with van der Waals surface area (Å²) in [6.45, 7) is 4.93. The SMILES string of the molecule is Cc1cnc(C(=O)Nc2ccc(-c3cn4cccc(C)c4n3)cc2)c(CNCCO)c1. The van der Waals surface area contributed by atoms with Gasteiger partial charge in [-0.1, -0.05) is 24.3 Å². The van der Waals surface area contributed by atoms with Gasteiger partial charge in [-0.15, -0.1) is 0 Å². The highest BCUT2D eigenvalue weighted by Gasteiger charge is 2.14. The van der Waals surface area contributed by atoms with Gasteiger partial charge in [0.25, 0.3) is 5.91 Å². The van der Waals surface area contributed by atoms with Crippen LogP contribution in [-0.4, -0.2) is 38.5 Å². The normalized spacial score (nSPS) is 11.1. The number of aliphatic hydroxyl groups is 1. The molecule has 0 aliphatic rings. The van der Waals surface area contributed by atoms with Crippen molar-refractivity contribution in [2.24, 2.45) is 0 Å². The van der Waals surface area contributed by atoms with E-state index in [4.69, 9.17) is 10.1 Å². The average Bonchev–Trinajstić information content (AvgIpc) is 3.20. The van der Waals surface area contributed by atoms with Gasteiger partial charge in [0.15, 0.2) is 0 Å². The fourth-order valence-electron chi connectivity index (χ4n) is 3.48. The minimum Gasteiger partial charge on any atom is -0.395 e. The van der Waals surface area contributed by atoms with Gasteiger partial charge in [-0.05, 0) is 48.7 Å². The van der Waals surface area contributed by atoms with Crippen LogP contribution in [0.25, 0.3) is 16.9 Å². The van der Waals surface area contributed by atoms with Crippen molar-refractivity contribution in [3.05, 3.63) is 83.4 Å². The molecule has 7 nitrogen and oxygen atoms in total. The zero-order valence-electron chi connectivity index (χ0n) is 17.6. The monoisotopic (exact) mass is 415 g/mol. The third kappa shape index (κ3) is 4.63. The van der Waals surface area contributed by atoms with E-state index in [2.05, 4.69) is 15.6 Å². The second kappa shape index (κ2) is 9.07. The molecule has 4 aromatic rings. The Morgan fingerprint density at radius 1 is 1.16 bits per heavy atom. The molecule has 1 aromatic carbocycles. The summed E-state index contributed by atoms with van der Waals surface area (Å²) in [7, 11) is 0. The number of carbonyl (C=O) groups excluding carboxylic acids is 1. The highest BCUT2D eigenvalue weighted by Crippen LogP contribution is 2.23. The number of anilines is 1. The van der Waals surface area contributed by atoms with E-state index in [-0.39, 0.29) is 12.5 Å². The summed E-state index contributed by atoms with van der Waals surface area (Å²) >= 11 is 0. The fourth-order valence-corrected chi connectivity index (χ4v) is 3.48. The molecule has 0 fully saturated rings. The van der Waals surface area contributed by atoms with Gasteiger partial charge in [-0.25, -0.2) is 4.98 Å². The van der Waals surface area contributed by atoms with Crippen LogP contribution in [0.2, 0.25) is 0 Å². The quantitative estimate of drug-likeness (QED) is 0.403. The maximum absolute atomic E-state index is 12.8. The first-order valence-electron chi connectivity index (χ1n) is 10.2. The molecule has 1 amide bonds. The molecule has 0 radical (unpaired) electrons. The van der Waals surface area contributed by atoms with E-state index in [9.17, 15) is 4.79 Å². The topological polar surface area (TPSA) is 91.6 Å². The zero-order valence-corrected chi connectivity index (χ0v) is 17.6. The van der Waals surface area contributed by atoms with Crippen molar-refractivity contribution < 1.29 is 9.90 Å². The molecule has 0 atom stereocenters. The Morgan fingerprint density at radius 2 is 1.97 bits per heavy atom. The predicted octanol–water partition coefficient (Wildman–Crippen LogP) is 3.35. The van der Waals surface area contributed by atoms with Crippen LogP contribution >= 0.6 is 0 Å². The summed E-state index contributed by atoms with van der Waals surface area (Å²) in [6.07, 6.45) is 5.66. The summed E-state index contributed by atoms with van der Waals surface area (Å²) in [5.74, 6) is -0.267. The van der Waals surface area contributed by atoms with Crippen molar-refractivity contribution in [1.29, 1.82) is 0 Å². The van der Waals surface area contributed by atoms with Gasteiger partial charge in [-0.2, -0.15) is 0 Å². The van der Waals surface area contributed by atoms with Crippen LogP contribution in [0.1, 0.15) is 27.2 Å². The molecule has 0 aliphatic carbocycles. The summed E-state index contributed by atoms with van der Waals surface area (Å²) in [5.41, 5.74) is 6.73. The van der Waals surface area contributed by atoms with Crippen LogP contribution in [0, 0.1) is 13.8 Å². The van der Waals surface area contributed by atoms with Crippen molar-refractivity contribution in [1.82, 2.24) is 19.7 Å². The Bertz CT molecular complexity index is 1210. The lowest BCUT2D eigenvalue weighted by Crippen LogP contribution is -2.22. The van der Waals surface area contributed by atoms with E-state index in [0.717, 1.165) is 33.6 Å². The van der Waals surface area contributed by atoms with Gasteiger partial charge in [-0.3, -0.25) is 9.78 Å². The number of hydrogen-bond donors (Lipinski definition) is 3. The molecule has 3 aromatic heterocycles. The molecular formula is C24H25N5O2. The van der Waals surface area contributed by atoms with Crippen molar-refractivity contribution in [2.75, 3.05) is 18.5 Å². The molecule has 7 heteroatoms. The molecule has 4 rings (SSSR count). The Labute approximate surface area is 180 Å². The van der Waals surface area contributed by atoms with Crippen LogP contribution in [0.5, 0.6) is 0 Å². The molecular weight excluding hydrogens is 390 g/mol. The standard InChI is InChI=1S/C24H25N5O2/c1-16-12-19(14-25-9-11-30)22(26-13-16)24(31)27-20-7-5-18(6-8-20)21-15-29-10-3-4-17(2)23(29)28-21/h3-8,10,12-13,15,25,30H,9,11,14H2,1-2H3,(H,27,31). The zero-order chi connectivity index (χ0) is 21.8. The van der Waals surface area contributed by atoms with Crippen LogP contribution in [0.15, 0.2) is 61.1 Å². The highest BCUT2D eigenvalue weighted by molar-refractivity contribution is 6.04. The molecule has 31 heavy (non-hydrogen) atoms. The lowest BCUT2D eigenvalue weighted by atomic mass is 10.1. The number of rotatable bonds is 7. The first kappa shape index (κ1) is 20.7. The van der Waals surface area contributed by atoms with Crippen LogP contribution in [-0.2, 0) is 6.54 Å². The predicted molar refractivity (Wildman–Crippen MR) is 121 cm³/mol.